The molecule has 24 heavy (non-hydrogen) atoms. The molecule has 0 spiro atoms. The molecule has 0 heterocycles. The van der Waals surface area contributed by atoms with Crippen LogP contribution in [0.2, 0.25) is 0 Å². The predicted molar refractivity (Wildman–Crippen MR) is 88.2 cm³/mol. The van der Waals surface area contributed by atoms with Gasteiger partial charge in [0.2, 0.25) is 0 Å². The highest BCUT2D eigenvalue weighted by atomic mass is 16.6. The molecular formula is C18H21NO5. The Labute approximate surface area is 140 Å². The number of alkyl carbamates (subject to hydrolysis) is 1. The second-order valence-electron chi connectivity index (χ2n) is 6.49. The van der Waals surface area contributed by atoms with Crippen LogP contribution in [-0.2, 0) is 32.0 Å². The summed E-state index contributed by atoms with van der Waals surface area (Å²) in [7, 11) is 1.18. The number of ether oxygens (including phenoxy) is 2. The second-order valence-corrected chi connectivity index (χ2v) is 6.49. The largest absolute Gasteiger partial charge is 0.463 e. The summed E-state index contributed by atoms with van der Waals surface area (Å²) in [4.78, 5) is 35.0. The number of nitrogens with one attached hydrogen (secondary N) is 1. The zero-order valence-corrected chi connectivity index (χ0v) is 14.3. The molecule has 2 rings (SSSR count). The van der Waals surface area contributed by atoms with E-state index < -0.39 is 23.4 Å². The van der Waals surface area contributed by atoms with Gasteiger partial charge in [-0.2, -0.15) is 0 Å². The summed E-state index contributed by atoms with van der Waals surface area (Å²) >= 11 is 0. The number of Topliss-reactive ketones (excluding diaryl/α,β-unsaturated/α-hetero) is 1. The molecule has 0 saturated carbocycles. The van der Waals surface area contributed by atoms with Gasteiger partial charge in [-0.15, -0.1) is 0 Å². The molecule has 0 atom stereocenters. The van der Waals surface area contributed by atoms with E-state index in [0.29, 0.717) is 18.5 Å². The van der Waals surface area contributed by atoms with E-state index >= 15 is 0 Å². The maximum Gasteiger partial charge on any atom is 0.407 e. The summed E-state index contributed by atoms with van der Waals surface area (Å²) in [5.74, 6) is -1.51. The zero-order chi connectivity index (χ0) is 17.9. The van der Waals surface area contributed by atoms with E-state index in [4.69, 9.17) is 4.74 Å². The molecule has 0 aliphatic heterocycles. The zero-order valence-electron chi connectivity index (χ0n) is 14.3. The number of carbonyl (C=O) groups is 3. The summed E-state index contributed by atoms with van der Waals surface area (Å²) in [5.41, 5.74) is 2.37. The fourth-order valence-corrected chi connectivity index (χ4v) is 2.42. The number of allylic oxidation sites excluding steroid dienone is 1. The maximum absolute atomic E-state index is 12.0. The molecule has 0 unspecified atom stereocenters. The van der Waals surface area contributed by atoms with E-state index in [0.717, 1.165) is 16.7 Å². The highest BCUT2D eigenvalue weighted by Crippen LogP contribution is 2.29. The Balaban J connectivity index is 2.03. The number of methoxy groups -OCH3 is 1. The average Bonchev–Trinajstić information content (AvgIpc) is 2.92. The number of benzene rings is 1. The van der Waals surface area contributed by atoms with Gasteiger partial charge in [-0.3, -0.25) is 4.79 Å². The highest BCUT2D eigenvalue weighted by Gasteiger charge is 2.26. The van der Waals surface area contributed by atoms with Crippen LogP contribution in [-0.4, -0.2) is 30.6 Å². The summed E-state index contributed by atoms with van der Waals surface area (Å²) in [6.07, 6.45) is 1.80. The van der Waals surface area contributed by atoms with Crippen molar-refractivity contribution in [2.75, 3.05) is 7.11 Å². The first kappa shape index (κ1) is 17.7. The van der Waals surface area contributed by atoms with Crippen molar-refractivity contribution in [1.82, 2.24) is 5.32 Å². The van der Waals surface area contributed by atoms with Crippen molar-refractivity contribution in [3.05, 3.63) is 41.0 Å². The lowest BCUT2D eigenvalue weighted by molar-refractivity contribution is -0.148. The Bertz CT molecular complexity index is 713. The Morgan fingerprint density at radius 1 is 1.21 bits per heavy atom. The first-order valence-electron chi connectivity index (χ1n) is 7.63. The van der Waals surface area contributed by atoms with Crippen molar-refractivity contribution < 1.29 is 23.9 Å². The van der Waals surface area contributed by atoms with Crippen molar-refractivity contribution >= 4 is 23.4 Å². The van der Waals surface area contributed by atoms with E-state index in [2.05, 4.69) is 10.1 Å². The quantitative estimate of drug-likeness (QED) is 0.677. The smallest absolute Gasteiger partial charge is 0.407 e. The van der Waals surface area contributed by atoms with Crippen molar-refractivity contribution in [1.29, 1.82) is 0 Å². The maximum atomic E-state index is 12.0. The van der Waals surface area contributed by atoms with E-state index in [-0.39, 0.29) is 0 Å². The fraction of sp³-hybridized carbons (Fsp3) is 0.389. The number of hydrogen-bond donors (Lipinski definition) is 1. The van der Waals surface area contributed by atoms with Crippen LogP contribution in [0.5, 0.6) is 0 Å². The first-order valence-corrected chi connectivity index (χ1v) is 7.63. The molecular weight excluding hydrogens is 310 g/mol. The number of fused-ring (bicyclic) bond motifs is 1. The first-order chi connectivity index (χ1) is 11.2. The van der Waals surface area contributed by atoms with E-state index in [1.54, 1.807) is 39.0 Å². The lowest BCUT2D eigenvalue weighted by Crippen LogP contribution is -2.32. The van der Waals surface area contributed by atoms with Gasteiger partial charge in [-0.05, 0) is 43.9 Å². The van der Waals surface area contributed by atoms with Gasteiger partial charge in [-0.1, -0.05) is 24.3 Å². The van der Waals surface area contributed by atoms with Crippen LogP contribution < -0.4 is 5.32 Å². The van der Waals surface area contributed by atoms with Crippen LogP contribution in [0.1, 0.15) is 37.5 Å². The number of hydrogen-bond acceptors (Lipinski definition) is 5. The molecule has 6 nitrogen and oxygen atoms in total. The van der Waals surface area contributed by atoms with E-state index in [1.165, 1.54) is 7.11 Å². The monoisotopic (exact) mass is 331 g/mol. The van der Waals surface area contributed by atoms with Crippen molar-refractivity contribution in [2.24, 2.45) is 0 Å². The van der Waals surface area contributed by atoms with Gasteiger partial charge in [0.05, 0.1) is 7.11 Å². The molecule has 0 bridgehead atoms. The minimum atomic E-state index is -0.871. The highest BCUT2D eigenvalue weighted by molar-refractivity contribution is 6.52. The Kier molecular flexibility index (Phi) is 5.07. The molecule has 0 fully saturated rings. The van der Waals surface area contributed by atoms with Gasteiger partial charge in [0.25, 0.3) is 5.78 Å². The lowest BCUT2D eigenvalue weighted by Gasteiger charge is -2.19. The third-order valence-electron chi connectivity index (χ3n) is 3.44. The summed E-state index contributed by atoms with van der Waals surface area (Å²) < 4.78 is 9.66. The molecule has 1 aliphatic carbocycles. The molecule has 128 valence electrons. The van der Waals surface area contributed by atoms with Crippen molar-refractivity contribution in [2.45, 2.75) is 39.3 Å². The van der Waals surface area contributed by atoms with Crippen LogP contribution in [0.15, 0.2) is 24.3 Å². The third-order valence-corrected chi connectivity index (χ3v) is 3.44. The predicted octanol–water partition coefficient (Wildman–Crippen LogP) is 2.39. The molecule has 1 N–H and O–H groups in total. The second kappa shape index (κ2) is 6.86. The van der Waals surface area contributed by atoms with Gasteiger partial charge in [0.15, 0.2) is 0 Å². The van der Waals surface area contributed by atoms with Crippen LogP contribution in [0.3, 0.4) is 0 Å². The van der Waals surface area contributed by atoms with E-state index in [9.17, 15) is 14.4 Å². The number of ketones is 1. The SMILES string of the molecule is COC(=O)C(=O)C1=CCc2cc(CNC(=O)OC(C)(C)C)ccc21. The topological polar surface area (TPSA) is 81.7 Å². The number of rotatable bonds is 4. The molecule has 1 aromatic rings. The molecule has 1 aliphatic rings. The average molecular weight is 331 g/mol. The van der Waals surface area contributed by atoms with Crippen LogP contribution in [0, 0.1) is 0 Å². The molecule has 1 aromatic carbocycles. The van der Waals surface area contributed by atoms with Gasteiger partial charge in [-0.25, -0.2) is 9.59 Å². The third kappa shape index (κ3) is 4.22. The van der Waals surface area contributed by atoms with Gasteiger partial charge in [0, 0.05) is 12.1 Å². The van der Waals surface area contributed by atoms with E-state index in [1.807, 2.05) is 6.07 Å². The molecule has 0 radical (unpaired) electrons. The molecule has 0 aromatic heterocycles. The van der Waals surface area contributed by atoms with Crippen LogP contribution >= 0.6 is 0 Å². The van der Waals surface area contributed by atoms with Crippen LogP contribution in [0.4, 0.5) is 4.79 Å². The number of amides is 1. The lowest BCUT2D eigenvalue weighted by atomic mass is 10.0. The molecule has 6 heteroatoms. The minimum absolute atomic E-state index is 0.322. The fourth-order valence-electron chi connectivity index (χ4n) is 2.42. The summed E-state index contributed by atoms with van der Waals surface area (Å²) in [6, 6.07) is 5.49. The summed E-state index contributed by atoms with van der Waals surface area (Å²) in [6.45, 7) is 5.72. The molecule has 1 amide bonds. The standard InChI is InChI=1S/C18H21NO5/c1-18(2,3)24-17(22)19-10-11-5-7-13-12(9-11)6-8-14(13)15(20)16(21)23-4/h5,7-9H,6,10H2,1-4H3,(H,19,22). The van der Waals surface area contributed by atoms with Gasteiger partial charge >= 0.3 is 12.1 Å². The van der Waals surface area contributed by atoms with Gasteiger partial charge in [0.1, 0.15) is 5.60 Å². The van der Waals surface area contributed by atoms with Crippen molar-refractivity contribution in [3.63, 3.8) is 0 Å². The number of esters is 1. The Hall–Kier alpha value is -2.63. The molecule has 0 saturated heterocycles. The minimum Gasteiger partial charge on any atom is -0.463 e. The number of carbonyl (C=O) groups excluding carboxylic acids is 3. The van der Waals surface area contributed by atoms with Gasteiger partial charge < -0.3 is 14.8 Å². The normalized spacial score (nSPS) is 12.9. The van der Waals surface area contributed by atoms with Crippen LogP contribution in [0.25, 0.3) is 5.57 Å². The summed E-state index contributed by atoms with van der Waals surface area (Å²) in [5, 5.41) is 2.69. The Morgan fingerprint density at radius 3 is 2.54 bits per heavy atom. The Morgan fingerprint density at radius 2 is 1.92 bits per heavy atom. The van der Waals surface area contributed by atoms with Crippen molar-refractivity contribution in [3.8, 4) is 0 Å².